The molecule has 0 saturated carbocycles. The van der Waals surface area contributed by atoms with Gasteiger partial charge >= 0.3 is 12.0 Å². The molecule has 1 fully saturated rings. The number of rotatable bonds is 4. The topological polar surface area (TPSA) is 99.1 Å². The molecule has 0 radical (unpaired) electrons. The lowest BCUT2D eigenvalue weighted by molar-refractivity contribution is -0.135. The lowest BCUT2D eigenvalue weighted by atomic mass is 10.0. The van der Waals surface area contributed by atoms with E-state index in [1.807, 2.05) is 6.92 Å². The largest absolute Gasteiger partial charge is 0.508 e. The molecule has 0 spiro atoms. The van der Waals surface area contributed by atoms with Crippen molar-refractivity contribution in [1.29, 1.82) is 0 Å². The van der Waals surface area contributed by atoms with Crippen LogP contribution in [0.2, 0.25) is 0 Å². The van der Waals surface area contributed by atoms with Crippen LogP contribution in [0.4, 0.5) is 10.5 Å². The second-order valence-electron chi connectivity index (χ2n) is 5.29. The second-order valence-corrected chi connectivity index (χ2v) is 5.29. The summed E-state index contributed by atoms with van der Waals surface area (Å²) in [5.74, 6) is -1.07. The number of amides is 2. The Hall–Kier alpha value is -2.28. The molecular weight excluding hydrogens is 276 g/mol. The third-order valence-electron chi connectivity index (χ3n) is 3.33. The average Bonchev–Trinajstić information content (AvgIpc) is 2.83. The summed E-state index contributed by atoms with van der Waals surface area (Å²) in [6.07, 6.45) is 0.676. The zero-order valence-corrected chi connectivity index (χ0v) is 11.7. The van der Waals surface area contributed by atoms with Gasteiger partial charge in [-0.1, -0.05) is 0 Å². The lowest BCUT2D eigenvalue weighted by Gasteiger charge is -2.29. The van der Waals surface area contributed by atoms with Crippen LogP contribution in [0.15, 0.2) is 24.3 Å². The molecule has 7 nitrogen and oxygen atoms in total. The number of hydrogen-bond donors (Lipinski definition) is 3. The minimum absolute atomic E-state index is 0.0468. The third-order valence-corrected chi connectivity index (χ3v) is 3.33. The van der Waals surface area contributed by atoms with Gasteiger partial charge in [0.05, 0.1) is 12.1 Å². The van der Waals surface area contributed by atoms with Crippen LogP contribution in [0.3, 0.4) is 0 Å². The SMILES string of the molecule is CC1(NC(=O)N(CC(=O)O)c2ccc(O)cc2)CCOC1. The Morgan fingerprint density at radius 3 is 2.57 bits per heavy atom. The van der Waals surface area contributed by atoms with Crippen molar-refractivity contribution in [3.05, 3.63) is 24.3 Å². The Bertz CT molecular complexity index is 523. The molecule has 0 aromatic heterocycles. The standard InChI is InChI=1S/C14H18N2O5/c1-14(6-7-21-9-14)15-13(20)16(8-12(18)19)10-2-4-11(17)5-3-10/h2-5,17H,6-9H2,1H3,(H,15,20)(H,18,19). The number of nitrogens with zero attached hydrogens (tertiary/aromatic N) is 1. The second kappa shape index (κ2) is 6.01. The van der Waals surface area contributed by atoms with Crippen LogP contribution in [-0.2, 0) is 9.53 Å². The molecule has 1 atom stereocenters. The maximum absolute atomic E-state index is 12.4. The normalized spacial score (nSPS) is 21.0. The lowest BCUT2D eigenvalue weighted by Crippen LogP contribution is -2.53. The van der Waals surface area contributed by atoms with Gasteiger partial charge in [0.1, 0.15) is 12.3 Å². The average molecular weight is 294 g/mol. The first-order chi connectivity index (χ1) is 9.89. The smallest absolute Gasteiger partial charge is 0.323 e. The van der Waals surface area contributed by atoms with Gasteiger partial charge in [0.15, 0.2) is 0 Å². The van der Waals surface area contributed by atoms with Crippen LogP contribution in [0.5, 0.6) is 5.75 Å². The van der Waals surface area contributed by atoms with Crippen LogP contribution in [0.25, 0.3) is 0 Å². The minimum atomic E-state index is -1.12. The van der Waals surface area contributed by atoms with E-state index in [-0.39, 0.29) is 5.75 Å². The maximum atomic E-state index is 12.4. The highest BCUT2D eigenvalue weighted by Gasteiger charge is 2.33. The number of ether oxygens (including phenoxy) is 1. The van der Waals surface area contributed by atoms with Crippen molar-refractivity contribution in [2.45, 2.75) is 18.9 Å². The molecule has 3 N–H and O–H groups in total. The van der Waals surface area contributed by atoms with Crippen molar-refractivity contribution in [2.75, 3.05) is 24.7 Å². The van der Waals surface area contributed by atoms with Gasteiger partial charge in [-0.05, 0) is 37.6 Å². The molecule has 0 bridgehead atoms. The first kappa shape index (κ1) is 15.1. The van der Waals surface area contributed by atoms with Gasteiger partial charge in [0.25, 0.3) is 0 Å². The number of carboxylic acid groups (broad SMARTS) is 1. The molecule has 21 heavy (non-hydrogen) atoms. The Morgan fingerprint density at radius 1 is 1.38 bits per heavy atom. The third kappa shape index (κ3) is 3.85. The van der Waals surface area contributed by atoms with Crippen molar-refractivity contribution in [3.63, 3.8) is 0 Å². The van der Waals surface area contributed by atoms with Crippen molar-refractivity contribution in [1.82, 2.24) is 5.32 Å². The van der Waals surface area contributed by atoms with Crippen molar-refractivity contribution >= 4 is 17.7 Å². The van der Waals surface area contributed by atoms with Crippen LogP contribution in [0, 0.1) is 0 Å². The molecule has 1 aromatic carbocycles. The van der Waals surface area contributed by atoms with E-state index in [2.05, 4.69) is 5.32 Å². The molecule has 1 heterocycles. The van der Waals surface area contributed by atoms with Gasteiger partial charge in [-0.2, -0.15) is 0 Å². The van der Waals surface area contributed by atoms with Crippen molar-refractivity contribution in [3.8, 4) is 5.75 Å². The van der Waals surface area contributed by atoms with E-state index in [0.29, 0.717) is 25.3 Å². The summed E-state index contributed by atoms with van der Waals surface area (Å²) in [7, 11) is 0. The first-order valence-corrected chi connectivity index (χ1v) is 6.58. The fraction of sp³-hybridized carbons (Fsp3) is 0.429. The van der Waals surface area contributed by atoms with Gasteiger partial charge in [-0.25, -0.2) is 4.79 Å². The van der Waals surface area contributed by atoms with Crippen LogP contribution < -0.4 is 10.2 Å². The summed E-state index contributed by atoms with van der Waals surface area (Å²) in [5, 5.41) is 21.1. The Kier molecular flexibility index (Phi) is 4.32. The van der Waals surface area contributed by atoms with Gasteiger partial charge in [-0.3, -0.25) is 9.69 Å². The minimum Gasteiger partial charge on any atom is -0.508 e. The van der Waals surface area contributed by atoms with Gasteiger partial charge in [-0.15, -0.1) is 0 Å². The highest BCUT2D eigenvalue weighted by atomic mass is 16.5. The number of carbonyl (C=O) groups is 2. The van der Waals surface area contributed by atoms with Crippen LogP contribution >= 0.6 is 0 Å². The van der Waals surface area contributed by atoms with Crippen molar-refractivity contribution < 1.29 is 24.5 Å². The molecule has 7 heteroatoms. The Labute approximate surface area is 122 Å². The molecule has 2 rings (SSSR count). The highest BCUT2D eigenvalue weighted by Crippen LogP contribution is 2.21. The molecule has 1 saturated heterocycles. The molecule has 114 valence electrons. The zero-order valence-electron chi connectivity index (χ0n) is 11.7. The molecule has 1 unspecified atom stereocenters. The first-order valence-electron chi connectivity index (χ1n) is 6.58. The number of nitrogens with one attached hydrogen (secondary N) is 1. The summed E-state index contributed by atoms with van der Waals surface area (Å²) < 4.78 is 5.26. The summed E-state index contributed by atoms with van der Waals surface area (Å²) in [6.45, 7) is 2.35. The van der Waals surface area contributed by atoms with E-state index in [4.69, 9.17) is 9.84 Å². The molecule has 0 aliphatic carbocycles. The number of aliphatic carboxylic acids is 1. The number of phenols is 1. The highest BCUT2D eigenvalue weighted by molar-refractivity contribution is 5.96. The van der Waals surface area contributed by atoms with E-state index in [9.17, 15) is 14.7 Å². The number of hydrogen-bond acceptors (Lipinski definition) is 4. The number of aromatic hydroxyl groups is 1. The molecule has 1 aliphatic heterocycles. The summed E-state index contributed by atoms with van der Waals surface area (Å²) in [5.41, 5.74) is -0.0969. The van der Waals surface area contributed by atoms with E-state index in [1.54, 1.807) is 0 Å². The van der Waals surface area contributed by atoms with E-state index >= 15 is 0 Å². The Balaban J connectivity index is 2.16. The number of carbonyl (C=O) groups excluding carboxylic acids is 1. The van der Waals surface area contributed by atoms with E-state index in [1.165, 1.54) is 24.3 Å². The predicted molar refractivity (Wildman–Crippen MR) is 75.5 cm³/mol. The molecule has 1 aliphatic rings. The summed E-state index contributed by atoms with van der Waals surface area (Å²) >= 11 is 0. The van der Waals surface area contributed by atoms with Gasteiger partial charge in [0, 0.05) is 12.3 Å². The number of carboxylic acids is 1. The fourth-order valence-corrected chi connectivity index (χ4v) is 2.14. The van der Waals surface area contributed by atoms with Crippen LogP contribution in [-0.4, -0.2) is 47.5 Å². The number of phenolic OH excluding ortho intramolecular Hbond substituents is 1. The zero-order chi connectivity index (χ0) is 15.5. The number of anilines is 1. The van der Waals surface area contributed by atoms with E-state index < -0.39 is 24.1 Å². The molecule has 2 amide bonds. The molecule has 1 aromatic rings. The Morgan fingerprint density at radius 2 is 2.05 bits per heavy atom. The van der Waals surface area contributed by atoms with Crippen LogP contribution in [0.1, 0.15) is 13.3 Å². The maximum Gasteiger partial charge on any atom is 0.323 e. The van der Waals surface area contributed by atoms with Gasteiger partial charge < -0.3 is 20.3 Å². The fourth-order valence-electron chi connectivity index (χ4n) is 2.14. The van der Waals surface area contributed by atoms with Crippen molar-refractivity contribution in [2.24, 2.45) is 0 Å². The molecular formula is C14H18N2O5. The predicted octanol–water partition coefficient (Wildman–Crippen LogP) is 1.17. The number of urea groups is 1. The monoisotopic (exact) mass is 294 g/mol. The summed E-state index contributed by atoms with van der Waals surface area (Å²) in [6, 6.07) is 5.28. The van der Waals surface area contributed by atoms with Gasteiger partial charge in [0.2, 0.25) is 0 Å². The quantitative estimate of drug-likeness (QED) is 0.774. The summed E-state index contributed by atoms with van der Waals surface area (Å²) in [4.78, 5) is 24.5. The number of benzene rings is 1. The van der Waals surface area contributed by atoms with E-state index in [0.717, 1.165) is 4.90 Å².